The van der Waals surface area contributed by atoms with Crippen molar-refractivity contribution >= 4 is 29.2 Å². The van der Waals surface area contributed by atoms with E-state index < -0.39 is 17.8 Å². The van der Waals surface area contributed by atoms with Crippen LogP contribution in [0.15, 0.2) is 60.7 Å². The SMILES string of the molecule is COc1ccc(NC(=O)c2ccccc2NC(=O)C=CC(=O)[O-])cc1. The molecule has 0 aliphatic heterocycles. The number of para-hydroxylation sites is 1. The maximum atomic E-state index is 12.4. The molecule has 2 amide bonds. The van der Waals surface area contributed by atoms with Gasteiger partial charge in [0, 0.05) is 11.8 Å². The molecule has 0 bridgehead atoms. The van der Waals surface area contributed by atoms with Crippen LogP contribution in [0, 0.1) is 0 Å². The summed E-state index contributed by atoms with van der Waals surface area (Å²) in [4.78, 5) is 34.4. The molecule has 0 fully saturated rings. The van der Waals surface area contributed by atoms with E-state index in [2.05, 4.69) is 10.6 Å². The van der Waals surface area contributed by atoms with Crippen molar-refractivity contribution in [3.8, 4) is 5.75 Å². The molecule has 0 aromatic heterocycles. The molecule has 128 valence electrons. The predicted octanol–water partition coefficient (Wildman–Crippen LogP) is 1.19. The zero-order valence-electron chi connectivity index (χ0n) is 13.3. The minimum atomic E-state index is -1.49. The zero-order chi connectivity index (χ0) is 18.2. The summed E-state index contributed by atoms with van der Waals surface area (Å²) < 4.78 is 5.05. The second-order valence-electron chi connectivity index (χ2n) is 4.87. The molecule has 0 saturated heterocycles. The molecule has 0 saturated carbocycles. The third kappa shape index (κ3) is 5.21. The quantitative estimate of drug-likeness (QED) is 0.769. The highest BCUT2D eigenvalue weighted by Crippen LogP contribution is 2.19. The Morgan fingerprint density at radius 2 is 1.64 bits per heavy atom. The third-order valence-corrected chi connectivity index (χ3v) is 3.15. The Morgan fingerprint density at radius 1 is 0.960 bits per heavy atom. The van der Waals surface area contributed by atoms with Gasteiger partial charge in [0.05, 0.1) is 24.3 Å². The van der Waals surface area contributed by atoms with E-state index in [1.165, 1.54) is 12.1 Å². The average Bonchev–Trinajstić information content (AvgIpc) is 2.61. The molecule has 2 aromatic carbocycles. The highest BCUT2D eigenvalue weighted by molar-refractivity contribution is 6.11. The van der Waals surface area contributed by atoms with Gasteiger partial charge in [-0.05, 0) is 42.5 Å². The number of benzene rings is 2. The van der Waals surface area contributed by atoms with Crippen molar-refractivity contribution in [2.24, 2.45) is 0 Å². The largest absolute Gasteiger partial charge is 0.545 e. The summed E-state index contributed by atoms with van der Waals surface area (Å²) in [5, 5.41) is 15.5. The number of hydrogen-bond acceptors (Lipinski definition) is 5. The van der Waals surface area contributed by atoms with Gasteiger partial charge in [0.1, 0.15) is 5.75 Å². The minimum absolute atomic E-state index is 0.230. The third-order valence-electron chi connectivity index (χ3n) is 3.15. The van der Waals surface area contributed by atoms with E-state index in [9.17, 15) is 19.5 Å². The van der Waals surface area contributed by atoms with Crippen LogP contribution in [0.1, 0.15) is 10.4 Å². The van der Waals surface area contributed by atoms with Crippen molar-refractivity contribution in [1.82, 2.24) is 0 Å². The smallest absolute Gasteiger partial charge is 0.257 e. The van der Waals surface area contributed by atoms with E-state index in [1.807, 2.05) is 0 Å². The van der Waals surface area contributed by atoms with Gasteiger partial charge in [-0.2, -0.15) is 0 Å². The second kappa shape index (κ2) is 8.30. The molecule has 0 heterocycles. The Morgan fingerprint density at radius 3 is 2.28 bits per heavy atom. The number of amides is 2. The van der Waals surface area contributed by atoms with Gasteiger partial charge in [-0.25, -0.2) is 0 Å². The molecule has 7 heteroatoms. The van der Waals surface area contributed by atoms with E-state index in [-0.39, 0.29) is 11.3 Å². The molecule has 7 nitrogen and oxygen atoms in total. The Bertz CT molecular complexity index is 812. The fourth-order valence-electron chi connectivity index (χ4n) is 1.98. The molecule has 25 heavy (non-hydrogen) atoms. The van der Waals surface area contributed by atoms with E-state index >= 15 is 0 Å². The van der Waals surface area contributed by atoms with Crippen LogP contribution in [0.2, 0.25) is 0 Å². The van der Waals surface area contributed by atoms with Crippen molar-refractivity contribution in [3.63, 3.8) is 0 Å². The van der Waals surface area contributed by atoms with Crippen molar-refractivity contribution in [3.05, 3.63) is 66.2 Å². The first-order valence-corrected chi connectivity index (χ1v) is 7.24. The second-order valence-corrected chi connectivity index (χ2v) is 4.87. The number of nitrogens with one attached hydrogen (secondary N) is 2. The lowest BCUT2D eigenvalue weighted by Crippen LogP contribution is -2.20. The molecule has 2 rings (SSSR count). The number of hydrogen-bond donors (Lipinski definition) is 2. The van der Waals surface area contributed by atoms with Gasteiger partial charge in [0.15, 0.2) is 0 Å². The molecule has 0 aliphatic rings. The van der Waals surface area contributed by atoms with Crippen molar-refractivity contribution in [1.29, 1.82) is 0 Å². The zero-order valence-corrected chi connectivity index (χ0v) is 13.3. The van der Waals surface area contributed by atoms with Crippen molar-refractivity contribution in [2.45, 2.75) is 0 Å². The van der Waals surface area contributed by atoms with Crippen molar-refractivity contribution in [2.75, 3.05) is 17.7 Å². The first-order valence-electron chi connectivity index (χ1n) is 7.24. The summed E-state index contributed by atoms with van der Waals surface area (Å²) in [6, 6.07) is 13.1. The van der Waals surface area contributed by atoms with Crippen LogP contribution < -0.4 is 20.5 Å². The van der Waals surface area contributed by atoms with Gasteiger partial charge in [0.25, 0.3) is 5.91 Å². The number of rotatable bonds is 6. The van der Waals surface area contributed by atoms with Crippen LogP contribution >= 0.6 is 0 Å². The monoisotopic (exact) mass is 339 g/mol. The van der Waals surface area contributed by atoms with Crippen LogP contribution in [-0.2, 0) is 9.59 Å². The number of carboxylic acid groups (broad SMARTS) is 1. The first-order chi connectivity index (χ1) is 12.0. The van der Waals surface area contributed by atoms with Gasteiger partial charge >= 0.3 is 0 Å². The van der Waals surface area contributed by atoms with E-state index in [4.69, 9.17) is 4.74 Å². The molecule has 2 N–H and O–H groups in total. The van der Waals surface area contributed by atoms with E-state index in [0.717, 1.165) is 6.08 Å². The van der Waals surface area contributed by atoms with Gasteiger partial charge in [0.2, 0.25) is 5.91 Å². The number of anilines is 2. The molecule has 2 aromatic rings. The number of ether oxygens (including phenoxy) is 1. The molecular weight excluding hydrogens is 324 g/mol. The van der Waals surface area contributed by atoms with Crippen LogP contribution in [0.5, 0.6) is 5.75 Å². The fraction of sp³-hybridized carbons (Fsp3) is 0.0556. The summed E-state index contributed by atoms with van der Waals surface area (Å²) in [6.07, 6.45) is 1.42. The number of aliphatic carboxylic acids is 1. The van der Waals surface area contributed by atoms with Crippen LogP contribution in [0.3, 0.4) is 0 Å². The lowest BCUT2D eigenvalue weighted by Gasteiger charge is -2.11. The minimum Gasteiger partial charge on any atom is -0.545 e. The molecule has 0 spiro atoms. The number of methoxy groups -OCH3 is 1. The Balaban J connectivity index is 2.14. The van der Waals surface area contributed by atoms with Crippen LogP contribution in [0.25, 0.3) is 0 Å². The summed E-state index contributed by atoms with van der Waals surface area (Å²) in [7, 11) is 1.54. The lowest BCUT2D eigenvalue weighted by atomic mass is 10.1. The molecular formula is C18H15N2O5-. The topological polar surface area (TPSA) is 108 Å². The molecule has 0 radical (unpaired) electrons. The van der Waals surface area contributed by atoms with Crippen LogP contribution in [-0.4, -0.2) is 24.9 Å². The predicted molar refractivity (Wildman–Crippen MR) is 90.2 cm³/mol. The summed E-state index contributed by atoms with van der Waals surface area (Å²) in [5.74, 6) is -1.94. The first kappa shape index (κ1) is 17.7. The fourth-order valence-corrected chi connectivity index (χ4v) is 1.98. The normalized spacial score (nSPS) is 10.3. The molecule has 0 aliphatic carbocycles. The Kier molecular flexibility index (Phi) is 5.89. The van der Waals surface area contributed by atoms with E-state index in [1.54, 1.807) is 43.5 Å². The lowest BCUT2D eigenvalue weighted by molar-refractivity contribution is -0.297. The van der Waals surface area contributed by atoms with Crippen LogP contribution in [0.4, 0.5) is 11.4 Å². The molecule has 0 unspecified atom stereocenters. The number of carbonyl (C=O) groups is 3. The maximum Gasteiger partial charge on any atom is 0.257 e. The Hall–Kier alpha value is -3.61. The van der Waals surface area contributed by atoms with Gasteiger partial charge in [-0.1, -0.05) is 12.1 Å². The van der Waals surface area contributed by atoms with Gasteiger partial charge in [-0.15, -0.1) is 0 Å². The van der Waals surface area contributed by atoms with Gasteiger partial charge < -0.3 is 25.3 Å². The summed E-state index contributed by atoms with van der Waals surface area (Å²) in [6.45, 7) is 0. The molecule has 0 atom stereocenters. The van der Waals surface area contributed by atoms with Gasteiger partial charge in [-0.3, -0.25) is 9.59 Å². The maximum absolute atomic E-state index is 12.4. The highest BCUT2D eigenvalue weighted by Gasteiger charge is 2.12. The standard InChI is InChI=1S/C18H16N2O5/c1-25-13-8-6-12(7-9-13)19-18(24)14-4-2-3-5-15(14)20-16(21)10-11-17(22)23/h2-11H,1H3,(H,19,24)(H,20,21)(H,22,23)/p-1. The summed E-state index contributed by atoms with van der Waals surface area (Å²) in [5.41, 5.74) is 1.04. The average molecular weight is 339 g/mol. The highest BCUT2D eigenvalue weighted by atomic mass is 16.5. The number of carbonyl (C=O) groups excluding carboxylic acids is 3. The van der Waals surface area contributed by atoms with E-state index in [0.29, 0.717) is 17.5 Å². The summed E-state index contributed by atoms with van der Waals surface area (Å²) >= 11 is 0. The Labute approximate surface area is 143 Å². The number of carboxylic acids is 1. The van der Waals surface area contributed by atoms with Crippen molar-refractivity contribution < 1.29 is 24.2 Å².